The molecule has 0 aliphatic heterocycles. The Hall–Kier alpha value is -0.250. The summed E-state index contributed by atoms with van der Waals surface area (Å²) in [7, 11) is 0. The summed E-state index contributed by atoms with van der Waals surface area (Å²) in [6, 6.07) is 4.58. The molecule has 106 valence electrons. The average Bonchev–Trinajstić information content (AvgIpc) is 2.38. The topological polar surface area (TPSA) is 21.3 Å². The molecule has 1 fully saturated rings. The first kappa shape index (κ1) is 15.1. The van der Waals surface area contributed by atoms with E-state index in [1.807, 2.05) is 19.1 Å². The van der Waals surface area contributed by atoms with Gasteiger partial charge in [0.25, 0.3) is 0 Å². The highest BCUT2D eigenvalue weighted by Gasteiger charge is 2.12. The highest BCUT2D eigenvalue weighted by molar-refractivity contribution is 9.10. The molecule has 4 heteroatoms. The van der Waals surface area contributed by atoms with Gasteiger partial charge in [0.05, 0.1) is 5.02 Å². The maximum absolute atomic E-state index is 6.19. The van der Waals surface area contributed by atoms with Gasteiger partial charge in [0.1, 0.15) is 12.4 Å². The zero-order valence-corrected chi connectivity index (χ0v) is 13.7. The van der Waals surface area contributed by atoms with Crippen molar-refractivity contribution in [2.24, 2.45) is 0 Å². The van der Waals surface area contributed by atoms with E-state index in [-0.39, 0.29) is 0 Å². The van der Waals surface area contributed by atoms with Gasteiger partial charge in [-0.3, -0.25) is 0 Å². The first-order chi connectivity index (χ1) is 9.16. The van der Waals surface area contributed by atoms with Gasteiger partial charge >= 0.3 is 0 Å². The van der Waals surface area contributed by atoms with E-state index in [1.165, 1.54) is 32.1 Å². The minimum Gasteiger partial charge on any atom is -0.490 e. The molecule has 0 atom stereocenters. The van der Waals surface area contributed by atoms with Crippen LogP contribution in [0.3, 0.4) is 0 Å². The lowest BCUT2D eigenvalue weighted by Gasteiger charge is -2.23. The van der Waals surface area contributed by atoms with Gasteiger partial charge in [-0.05, 0) is 37.5 Å². The molecule has 0 aromatic heterocycles. The van der Waals surface area contributed by atoms with Crippen molar-refractivity contribution in [1.29, 1.82) is 0 Å². The van der Waals surface area contributed by atoms with Gasteiger partial charge in [-0.2, -0.15) is 0 Å². The number of hydrogen-bond donors (Lipinski definition) is 1. The molecule has 19 heavy (non-hydrogen) atoms. The van der Waals surface area contributed by atoms with Crippen molar-refractivity contribution in [1.82, 2.24) is 5.32 Å². The van der Waals surface area contributed by atoms with E-state index in [1.54, 1.807) is 0 Å². The fourth-order valence-electron chi connectivity index (χ4n) is 2.59. The lowest BCUT2D eigenvalue weighted by molar-refractivity contribution is 0.288. The Kier molecular flexibility index (Phi) is 5.99. The SMILES string of the molecule is Cc1cc(Br)cc(Cl)c1OCCNC1CCCCC1. The molecule has 2 rings (SSSR count). The molecule has 1 aliphatic carbocycles. The van der Waals surface area contributed by atoms with Gasteiger partial charge in [0, 0.05) is 17.1 Å². The summed E-state index contributed by atoms with van der Waals surface area (Å²) in [4.78, 5) is 0. The first-order valence-electron chi connectivity index (χ1n) is 6.98. The summed E-state index contributed by atoms with van der Waals surface area (Å²) in [6.45, 7) is 3.57. The molecule has 1 aliphatic rings. The third-order valence-corrected chi connectivity index (χ3v) is 4.32. The monoisotopic (exact) mass is 345 g/mol. The Morgan fingerprint density at radius 2 is 2.05 bits per heavy atom. The summed E-state index contributed by atoms with van der Waals surface area (Å²) >= 11 is 9.62. The van der Waals surface area contributed by atoms with E-state index in [9.17, 15) is 0 Å². The molecule has 2 nitrogen and oxygen atoms in total. The third kappa shape index (κ3) is 4.66. The minimum atomic E-state index is 0.665. The van der Waals surface area contributed by atoms with Gasteiger partial charge in [-0.1, -0.05) is 46.8 Å². The summed E-state index contributed by atoms with van der Waals surface area (Å²) in [6.07, 6.45) is 6.71. The van der Waals surface area contributed by atoms with Crippen LogP contribution in [0.5, 0.6) is 5.75 Å². The Labute approximate surface area is 129 Å². The number of ether oxygens (including phenoxy) is 1. The van der Waals surface area contributed by atoms with Crippen LogP contribution in [0, 0.1) is 6.92 Å². The lowest BCUT2D eigenvalue weighted by atomic mass is 9.96. The fraction of sp³-hybridized carbons (Fsp3) is 0.600. The molecule has 0 radical (unpaired) electrons. The summed E-state index contributed by atoms with van der Waals surface area (Å²) in [5, 5.41) is 4.24. The zero-order valence-electron chi connectivity index (χ0n) is 11.3. The Bertz CT molecular complexity index is 396. The van der Waals surface area contributed by atoms with Crippen LogP contribution in [-0.2, 0) is 0 Å². The molecule has 1 saturated carbocycles. The second-order valence-corrected chi connectivity index (χ2v) is 6.49. The van der Waals surface area contributed by atoms with Crippen molar-refractivity contribution in [2.45, 2.75) is 45.1 Å². The summed E-state index contributed by atoms with van der Waals surface area (Å²) in [5.41, 5.74) is 1.07. The standard InChI is InChI=1S/C15H21BrClNO/c1-11-9-12(16)10-14(17)15(11)19-8-7-18-13-5-3-2-4-6-13/h9-10,13,18H,2-8H2,1H3. The molecule has 1 aromatic carbocycles. The predicted octanol–water partition coefficient (Wildman–Crippen LogP) is 4.71. The van der Waals surface area contributed by atoms with Crippen molar-refractivity contribution in [3.63, 3.8) is 0 Å². The van der Waals surface area contributed by atoms with Crippen LogP contribution >= 0.6 is 27.5 Å². The first-order valence-corrected chi connectivity index (χ1v) is 8.16. The van der Waals surface area contributed by atoms with Gasteiger partial charge in [-0.25, -0.2) is 0 Å². The van der Waals surface area contributed by atoms with Crippen LogP contribution in [-0.4, -0.2) is 19.2 Å². The highest BCUT2D eigenvalue weighted by atomic mass is 79.9. The smallest absolute Gasteiger partial charge is 0.140 e. The maximum Gasteiger partial charge on any atom is 0.140 e. The number of nitrogens with one attached hydrogen (secondary N) is 1. The van der Waals surface area contributed by atoms with Crippen molar-refractivity contribution < 1.29 is 4.74 Å². The molecule has 1 N–H and O–H groups in total. The van der Waals surface area contributed by atoms with Gasteiger partial charge in [0.2, 0.25) is 0 Å². The van der Waals surface area contributed by atoms with E-state index in [0.717, 1.165) is 22.3 Å². The second kappa shape index (κ2) is 7.51. The predicted molar refractivity (Wildman–Crippen MR) is 84.3 cm³/mol. The van der Waals surface area contributed by atoms with E-state index in [0.29, 0.717) is 17.7 Å². The Balaban J connectivity index is 1.76. The minimum absolute atomic E-state index is 0.665. The molecular formula is C15H21BrClNO. The zero-order chi connectivity index (χ0) is 13.7. The molecule has 0 saturated heterocycles. The van der Waals surface area contributed by atoms with Crippen molar-refractivity contribution in [3.05, 3.63) is 27.2 Å². The molecule has 0 unspecified atom stereocenters. The number of rotatable bonds is 5. The number of aryl methyl sites for hydroxylation is 1. The van der Waals surface area contributed by atoms with Crippen LogP contribution in [0.1, 0.15) is 37.7 Å². The quantitative estimate of drug-likeness (QED) is 0.779. The van der Waals surface area contributed by atoms with Crippen LogP contribution in [0.2, 0.25) is 5.02 Å². The van der Waals surface area contributed by atoms with Crippen molar-refractivity contribution in [3.8, 4) is 5.75 Å². The van der Waals surface area contributed by atoms with E-state index >= 15 is 0 Å². The normalized spacial score (nSPS) is 16.6. The lowest BCUT2D eigenvalue weighted by Crippen LogP contribution is -2.34. The molecule has 0 heterocycles. The maximum atomic E-state index is 6.19. The number of benzene rings is 1. The van der Waals surface area contributed by atoms with Gasteiger partial charge < -0.3 is 10.1 Å². The van der Waals surface area contributed by atoms with Crippen LogP contribution in [0.15, 0.2) is 16.6 Å². The second-order valence-electron chi connectivity index (χ2n) is 5.17. The Morgan fingerprint density at radius 1 is 1.32 bits per heavy atom. The highest BCUT2D eigenvalue weighted by Crippen LogP contribution is 2.31. The van der Waals surface area contributed by atoms with Gasteiger partial charge in [0.15, 0.2) is 0 Å². The largest absolute Gasteiger partial charge is 0.490 e. The number of halogens is 2. The van der Waals surface area contributed by atoms with Crippen molar-refractivity contribution >= 4 is 27.5 Å². The molecule has 1 aromatic rings. The Morgan fingerprint density at radius 3 is 2.74 bits per heavy atom. The molecular weight excluding hydrogens is 326 g/mol. The molecule has 0 amide bonds. The fourth-order valence-corrected chi connectivity index (χ4v) is 3.62. The van der Waals surface area contributed by atoms with E-state index in [4.69, 9.17) is 16.3 Å². The third-order valence-electron chi connectivity index (χ3n) is 3.58. The van der Waals surface area contributed by atoms with Crippen LogP contribution in [0.4, 0.5) is 0 Å². The number of hydrogen-bond acceptors (Lipinski definition) is 2. The molecule has 0 spiro atoms. The van der Waals surface area contributed by atoms with Gasteiger partial charge in [-0.15, -0.1) is 0 Å². The van der Waals surface area contributed by atoms with Crippen LogP contribution < -0.4 is 10.1 Å². The van der Waals surface area contributed by atoms with Crippen LogP contribution in [0.25, 0.3) is 0 Å². The van der Waals surface area contributed by atoms with E-state index in [2.05, 4.69) is 21.2 Å². The molecule has 0 bridgehead atoms. The summed E-state index contributed by atoms with van der Waals surface area (Å²) < 4.78 is 6.79. The summed E-state index contributed by atoms with van der Waals surface area (Å²) in [5.74, 6) is 0.801. The average molecular weight is 347 g/mol. The van der Waals surface area contributed by atoms with E-state index < -0.39 is 0 Å². The van der Waals surface area contributed by atoms with Crippen molar-refractivity contribution in [2.75, 3.05) is 13.2 Å².